The van der Waals surface area contributed by atoms with Crippen molar-refractivity contribution in [2.75, 3.05) is 20.8 Å². The number of amides is 1. The van der Waals surface area contributed by atoms with Gasteiger partial charge in [-0.25, -0.2) is 4.79 Å². The Morgan fingerprint density at radius 3 is 2.60 bits per heavy atom. The van der Waals surface area contributed by atoms with Crippen molar-refractivity contribution in [3.05, 3.63) is 28.8 Å². The predicted octanol–water partition coefficient (Wildman–Crippen LogP) is 3.22. The predicted molar refractivity (Wildman–Crippen MR) is 97.1 cm³/mol. The van der Waals surface area contributed by atoms with E-state index in [0.717, 1.165) is 12.8 Å². The summed E-state index contributed by atoms with van der Waals surface area (Å²) in [5, 5.41) is 3.12. The number of hydrogen-bond donors (Lipinski definition) is 1. The van der Waals surface area contributed by atoms with Crippen LogP contribution >= 0.6 is 11.6 Å². The summed E-state index contributed by atoms with van der Waals surface area (Å²) in [6, 6.07) is 3.36. The lowest BCUT2D eigenvalue weighted by Gasteiger charge is -2.12. The lowest BCUT2D eigenvalue weighted by atomic mass is 10.2. The lowest BCUT2D eigenvalue weighted by Crippen LogP contribution is -2.35. The summed E-state index contributed by atoms with van der Waals surface area (Å²) < 4.78 is 15.2. The molecule has 0 bridgehead atoms. The van der Waals surface area contributed by atoms with Gasteiger partial charge in [-0.15, -0.1) is 0 Å². The summed E-state index contributed by atoms with van der Waals surface area (Å²) in [5.41, 5.74) is 0.639. The van der Waals surface area contributed by atoms with Gasteiger partial charge in [0.1, 0.15) is 0 Å². The van der Waals surface area contributed by atoms with Crippen molar-refractivity contribution in [3.8, 4) is 11.5 Å². The summed E-state index contributed by atoms with van der Waals surface area (Å²) in [4.78, 5) is 23.4. The first kappa shape index (κ1) is 20.8. The van der Waals surface area contributed by atoms with E-state index in [2.05, 4.69) is 5.32 Å². The molecule has 6 nitrogen and oxygen atoms in total. The number of carbonyl (C=O) groups is 2. The van der Waals surface area contributed by atoms with Crippen LogP contribution in [0.15, 0.2) is 18.2 Å². The largest absolute Gasteiger partial charge is 0.493 e. The molecule has 1 rings (SSSR count). The Kier molecular flexibility index (Phi) is 8.84. The average molecular weight is 370 g/mol. The Morgan fingerprint density at radius 2 is 2.00 bits per heavy atom. The van der Waals surface area contributed by atoms with Crippen LogP contribution < -0.4 is 14.8 Å². The van der Waals surface area contributed by atoms with Gasteiger partial charge < -0.3 is 19.5 Å². The van der Waals surface area contributed by atoms with Gasteiger partial charge in [0.15, 0.2) is 18.1 Å². The van der Waals surface area contributed by atoms with Gasteiger partial charge in [-0.05, 0) is 37.1 Å². The van der Waals surface area contributed by atoms with Crippen LogP contribution in [0.3, 0.4) is 0 Å². The highest BCUT2D eigenvalue weighted by atomic mass is 35.5. The summed E-state index contributed by atoms with van der Waals surface area (Å²) in [6.45, 7) is 3.63. The highest BCUT2D eigenvalue weighted by molar-refractivity contribution is 6.32. The van der Waals surface area contributed by atoms with Gasteiger partial charge >= 0.3 is 5.97 Å². The second-order valence-corrected chi connectivity index (χ2v) is 5.84. The minimum absolute atomic E-state index is 0.0562. The minimum atomic E-state index is -0.621. The first-order valence-corrected chi connectivity index (χ1v) is 8.34. The second-order valence-electron chi connectivity index (χ2n) is 5.44. The zero-order valence-electron chi connectivity index (χ0n) is 14.9. The molecule has 0 aromatic heterocycles. The quantitative estimate of drug-likeness (QED) is 0.534. The fraction of sp³-hybridized carbons (Fsp3) is 0.444. The average Bonchev–Trinajstić information content (AvgIpc) is 2.57. The van der Waals surface area contributed by atoms with Crippen molar-refractivity contribution >= 4 is 29.6 Å². The van der Waals surface area contributed by atoms with E-state index in [1.165, 1.54) is 26.4 Å². The molecular formula is C18H24ClNO5. The number of carbonyl (C=O) groups excluding carboxylic acids is 2. The number of esters is 1. The Balaban J connectivity index is 2.60. The molecule has 1 N–H and O–H groups in total. The molecular weight excluding hydrogens is 346 g/mol. The smallest absolute Gasteiger partial charge is 0.331 e. The molecule has 0 aliphatic rings. The first-order valence-electron chi connectivity index (χ1n) is 7.97. The molecule has 7 heteroatoms. The third-order valence-electron chi connectivity index (χ3n) is 3.34. The van der Waals surface area contributed by atoms with Crippen LogP contribution in [0, 0.1) is 0 Å². The number of rotatable bonds is 9. The van der Waals surface area contributed by atoms with Crippen LogP contribution in [0.4, 0.5) is 0 Å². The fourth-order valence-electron chi connectivity index (χ4n) is 2.20. The monoisotopic (exact) mass is 369 g/mol. The van der Waals surface area contributed by atoms with Gasteiger partial charge in [0.25, 0.3) is 5.91 Å². The van der Waals surface area contributed by atoms with Crippen LogP contribution in [0.5, 0.6) is 11.5 Å². The van der Waals surface area contributed by atoms with E-state index in [1.807, 2.05) is 13.8 Å². The molecule has 1 unspecified atom stereocenters. The summed E-state index contributed by atoms with van der Waals surface area (Å²) in [7, 11) is 2.98. The number of halogens is 1. The van der Waals surface area contributed by atoms with Gasteiger partial charge in [0, 0.05) is 12.1 Å². The van der Waals surface area contributed by atoms with Gasteiger partial charge in [-0.2, -0.15) is 0 Å². The molecule has 0 heterocycles. The van der Waals surface area contributed by atoms with Crippen LogP contribution in [0.25, 0.3) is 6.08 Å². The number of benzene rings is 1. The zero-order chi connectivity index (χ0) is 18.8. The van der Waals surface area contributed by atoms with E-state index in [4.69, 9.17) is 25.8 Å². The molecule has 138 valence electrons. The summed E-state index contributed by atoms with van der Waals surface area (Å²) >= 11 is 6.10. The van der Waals surface area contributed by atoms with E-state index in [-0.39, 0.29) is 18.6 Å². The highest BCUT2D eigenvalue weighted by Gasteiger charge is 2.11. The number of methoxy groups -OCH3 is 2. The Hall–Kier alpha value is -2.21. The van der Waals surface area contributed by atoms with Crippen molar-refractivity contribution in [1.29, 1.82) is 0 Å². The van der Waals surface area contributed by atoms with Crippen molar-refractivity contribution in [3.63, 3.8) is 0 Å². The first-order chi connectivity index (χ1) is 11.9. The maximum Gasteiger partial charge on any atom is 0.331 e. The Morgan fingerprint density at radius 1 is 1.28 bits per heavy atom. The summed E-state index contributed by atoms with van der Waals surface area (Å²) in [6.07, 6.45) is 4.59. The molecule has 0 aliphatic carbocycles. The maximum absolute atomic E-state index is 11.7. The van der Waals surface area contributed by atoms with E-state index in [0.29, 0.717) is 22.1 Å². The van der Waals surface area contributed by atoms with Crippen molar-refractivity contribution in [1.82, 2.24) is 5.32 Å². The van der Waals surface area contributed by atoms with E-state index >= 15 is 0 Å². The van der Waals surface area contributed by atoms with Crippen LogP contribution in [0.2, 0.25) is 5.02 Å². The van der Waals surface area contributed by atoms with E-state index in [1.54, 1.807) is 12.1 Å². The van der Waals surface area contributed by atoms with Crippen LogP contribution in [-0.4, -0.2) is 38.7 Å². The standard InChI is InChI=1S/C18H24ClNO5/c1-5-6-12(2)20-16(21)11-25-17(22)8-7-13-9-14(19)18(24-4)15(10-13)23-3/h7-10,12H,5-6,11H2,1-4H3,(H,20,21)/b8-7+. The van der Waals surface area contributed by atoms with E-state index in [9.17, 15) is 9.59 Å². The Bertz CT molecular complexity index is 630. The molecule has 1 amide bonds. The molecule has 0 saturated heterocycles. The SMILES string of the molecule is CCCC(C)NC(=O)COC(=O)/C=C/c1cc(Cl)c(OC)c(OC)c1. The normalized spacial score (nSPS) is 11.9. The minimum Gasteiger partial charge on any atom is -0.493 e. The van der Waals surface area contributed by atoms with Gasteiger partial charge in [0.2, 0.25) is 0 Å². The van der Waals surface area contributed by atoms with Crippen LogP contribution in [-0.2, 0) is 14.3 Å². The molecule has 1 aromatic rings. The molecule has 25 heavy (non-hydrogen) atoms. The molecule has 0 spiro atoms. The Labute approximate surface area is 153 Å². The maximum atomic E-state index is 11.7. The second kappa shape index (κ2) is 10.6. The van der Waals surface area contributed by atoms with E-state index < -0.39 is 5.97 Å². The topological polar surface area (TPSA) is 73.9 Å². The van der Waals surface area contributed by atoms with Crippen molar-refractivity contribution < 1.29 is 23.8 Å². The summed E-state index contributed by atoms with van der Waals surface area (Å²) in [5.74, 6) is -0.0740. The molecule has 0 aliphatic heterocycles. The molecule has 0 saturated carbocycles. The lowest BCUT2D eigenvalue weighted by molar-refractivity contribution is -0.144. The number of nitrogens with one attached hydrogen (secondary N) is 1. The zero-order valence-corrected chi connectivity index (χ0v) is 15.7. The molecule has 0 radical (unpaired) electrons. The van der Waals surface area contributed by atoms with Gasteiger partial charge in [0.05, 0.1) is 19.2 Å². The van der Waals surface area contributed by atoms with Gasteiger partial charge in [-0.3, -0.25) is 4.79 Å². The third kappa shape index (κ3) is 7.05. The highest BCUT2D eigenvalue weighted by Crippen LogP contribution is 2.36. The molecule has 1 aromatic carbocycles. The van der Waals surface area contributed by atoms with Crippen molar-refractivity contribution in [2.45, 2.75) is 32.7 Å². The molecule has 0 fully saturated rings. The third-order valence-corrected chi connectivity index (χ3v) is 3.62. The van der Waals surface area contributed by atoms with Gasteiger partial charge in [-0.1, -0.05) is 24.9 Å². The molecule has 1 atom stereocenters. The van der Waals surface area contributed by atoms with Crippen LogP contribution in [0.1, 0.15) is 32.3 Å². The number of ether oxygens (including phenoxy) is 3. The van der Waals surface area contributed by atoms with Crippen molar-refractivity contribution in [2.24, 2.45) is 0 Å². The number of hydrogen-bond acceptors (Lipinski definition) is 5. The fourth-order valence-corrected chi connectivity index (χ4v) is 2.50.